The fourth-order valence-electron chi connectivity index (χ4n) is 1.69. The average molecular weight is 254 g/mol. The monoisotopic (exact) mass is 254 g/mol. The maximum atomic E-state index is 13.9. The number of ether oxygens (including phenoxy) is 1. The molecule has 6 heteroatoms. The number of hydrogen-bond acceptors (Lipinski definition) is 4. The molecule has 1 aromatic carbocycles. The number of nitrogen functional groups attached to an aromatic ring is 1. The fraction of sp³-hybridized carbons (Fsp3) is 0.250. The molecule has 0 aliphatic carbocycles. The van der Waals surface area contributed by atoms with Crippen molar-refractivity contribution in [3.63, 3.8) is 0 Å². The van der Waals surface area contributed by atoms with E-state index >= 15 is 0 Å². The molecular weight excluding hydrogens is 242 g/mol. The van der Waals surface area contributed by atoms with E-state index in [2.05, 4.69) is 4.98 Å². The number of oxazole rings is 1. The lowest BCUT2D eigenvalue weighted by Gasteiger charge is -2.05. The molecule has 0 aliphatic rings. The summed E-state index contributed by atoms with van der Waals surface area (Å²) in [4.78, 5) is 3.87. The number of halogens is 2. The molecule has 4 nitrogen and oxygen atoms in total. The van der Waals surface area contributed by atoms with Gasteiger partial charge in [0.2, 0.25) is 0 Å². The summed E-state index contributed by atoms with van der Waals surface area (Å²) in [6, 6.07) is 1.91. The Morgan fingerprint density at radius 1 is 1.33 bits per heavy atom. The van der Waals surface area contributed by atoms with Crippen molar-refractivity contribution in [1.82, 2.24) is 4.98 Å². The summed E-state index contributed by atoms with van der Waals surface area (Å²) in [5.74, 6) is -1.06. The third-order valence-corrected chi connectivity index (χ3v) is 2.53. The number of nitrogens with zero attached hydrogens (tertiary/aromatic N) is 1. The highest BCUT2D eigenvalue weighted by molar-refractivity contribution is 5.64. The number of anilines is 1. The molecule has 0 fully saturated rings. The Balaban J connectivity index is 2.60. The van der Waals surface area contributed by atoms with Crippen LogP contribution in [0, 0.1) is 11.6 Å². The van der Waals surface area contributed by atoms with Crippen molar-refractivity contribution in [2.24, 2.45) is 0 Å². The van der Waals surface area contributed by atoms with Crippen LogP contribution in [0.4, 0.5) is 14.8 Å². The van der Waals surface area contributed by atoms with E-state index in [1.807, 2.05) is 0 Å². The SMILES string of the molecule is CCc1oc(N)nc1-c1cc(F)c(OC)cc1F. The summed E-state index contributed by atoms with van der Waals surface area (Å²) in [5.41, 5.74) is 5.64. The molecule has 0 aliphatic heterocycles. The Labute approximate surface area is 102 Å². The van der Waals surface area contributed by atoms with E-state index in [9.17, 15) is 8.78 Å². The molecule has 0 atom stereocenters. The molecular formula is C12H12F2N2O2. The van der Waals surface area contributed by atoms with Gasteiger partial charge in [0.25, 0.3) is 6.01 Å². The molecule has 1 aromatic heterocycles. The van der Waals surface area contributed by atoms with E-state index in [-0.39, 0.29) is 23.0 Å². The van der Waals surface area contributed by atoms with Crippen LogP contribution in [0.2, 0.25) is 0 Å². The number of benzene rings is 1. The topological polar surface area (TPSA) is 61.3 Å². The predicted molar refractivity (Wildman–Crippen MR) is 62.2 cm³/mol. The standard InChI is InChI=1S/C12H12F2N2O2/c1-3-9-11(16-12(15)18-9)6-4-8(14)10(17-2)5-7(6)13/h4-5H,3H2,1-2H3,(H2,15,16). The Hall–Kier alpha value is -2.11. The minimum absolute atomic E-state index is 0.00519. The Morgan fingerprint density at radius 3 is 2.67 bits per heavy atom. The summed E-state index contributed by atoms with van der Waals surface area (Å²) < 4.78 is 37.2. The average Bonchev–Trinajstić information content (AvgIpc) is 2.72. The largest absolute Gasteiger partial charge is 0.494 e. The van der Waals surface area contributed by atoms with Gasteiger partial charge in [0.1, 0.15) is 17.3 Å². The quantitative estimate of drug-likeness (QED) is 0.914. The van der Waals surface area contributed by atoms with Crippen LogP contribution >= 0.6 is 0 Å². The summed E-state index contributed by atoms with van der Waals surface area (Å²) in [6.45, 7) is 1.81. The van der Waals surface area contributed by atoms with Crippen LogP contribution in [0.3, 0.4) is 0 Å². The second-order valence-corrected chi connectivity index (χ2v) is 3.64. The lowest BCUT2D eigenvalue weighted by atomic mass is 10.1. The Morgan fingerprint density at radius 2 is 2.06 bits per heavy atom. The highest BCUT2D eigenvalue weighted by atomic mass is 19.1. The van der Waals surface area contributed by atoms with Crippen molar-refractivity contribution in [3.05, 3.63) is 29.5 Å². The van der Waals surface area contributed by atoms with Gasteiger partial charge in [-0.1, -0.05) is 6.92 Å². The van der Waals surface area contributed by atoms with Crippen LogP contribution in [0.1, 0.15) is 12.7 Å². The molecule has 0 spiro atoms. The highest BCUT2D eigenvalue weighted by Crippen LogP contribution is 2.31. The zero-order valence-electron chi connectivity index (χ0n) is 9.96. The van der Waals surface area contributed by atoms with Crippen molar-refractivity contribution in [2.75, 3.05) is 12.8 Å². The second-order valence-electron chi connectivity index (χ2n) is 3.64. The van der Waals surface area contributed by atoms with Gasteiger partial charge in [0.05, 0.1) is 7.11 Å². The van der Waals surface area contributed by atoms with Gasteiger partial charge in [-0.25, -0.2) is 8.78 Å². The van der Waals surface area contributed by atoms with Gasteiger partial charge < -0.3 is 14.9 Å². The number of nitrogens with two attached hydrogens (primary N) is 1. The van der Waals surface area contributed by atoms with Crippen molar-refractivity contribution in [2.45, 2.75) is 13.3 Å². The maximum Gasteiger partial charge on any atom is 0.292 e. The van der Waals surface area contributed by atoms with Crippen LogP contribution in [-0.4, -0.2) is 12.1 Å². The molecule has 0 radical (unpaired) electrons. The van der Waals surface area contributed by atoms with Crippen LogP contribution in [0.5, 0.6) is 5.75 Å². The van der Waals surface area contributed by atoms with E-state index in [4.69, 9.17) is 14.9 Å². The number of aryl methyl sites for hydroxylation is 1. The van der Waals surface area contributed by atoms with Gasteiger partial charge in [0.15, 0.2) is 11.6 Å². The van der Waals surface area contributed by atoms with Gasteiger partial charge in [-0.2, -0.15) is 4.98 Å². The molecule has 0 bridgehead atoms. The first-order chi connectivity index (χ1) is 8.56. The zero-order chi connectivity index (χ0) is 13.3. The van der Waals surface area contributed by atoms with Crippen molar-refractivity contribution >= 4 is 6.01 Å². The summed E-state index contributed by atoms with van der Waals surface area (Å²) in [7, 11) is 1.27. The summed E-state index contributed by atoms with van der Waals surface area (Å²) in [5, 5.41) is 0. The maximum absolute atomic E-state index is 13.9. The highest BCUT2D eigenvalue weighted by Gasteiger charge is 2.18. The molecule has 0 amide bonds. The number of hydrogen-bond donors (Lipinski definition) is 1. The first-order valence-electron chi connectivity index (χ1n) is 5.35. The smallest absolute Gasteiger partial charge is 0.292 e. The number of aromatic nitrogens is 1. The number of rotatable bonds is 3. The fourth-order valence-corrected chi connectivity index (χ4v) is 1.69. The molecule has 0 unspecified atom stereocenters. The van der Waals surface area contributed by atoms with Gasteiger partial charge in [-0.15, -0.1) is 0 Å². The molecule has 96 valence electrons. The summed E-state index contributed by atoms with van der Waals surface area (Å²) in [6.07, 6.45) is 0.479. The van der Waals surface area contributed by atoms with E-state index in [1.54, 1.807) is 6.92 Å². The molecule has 1 heterocycles. The molecule has 2 rings (SSSR count). The van der Waals surface area contributed by atoms with Gasteiger partial charge in [-0.3, -0.25) is 0 Å². The minimum Gasteiger partial charge on any atom is -0.494 e. The van der Waals surface area contributed by atoms with Crippen LogP contribution in [0.15, 0.2) is 16.5 Å². The van der Waals surface area contributed by atoms with Crippen molar-refractivity contribution in [3.8, 4) is 17.0 Å². The van der Waals surface area contributed by atoms with E-state index < -0.39 is 11.6 Å². The van der Waals surface area contributed by atoms with Crippen molar-refractivity contribution < 1.29 is 17.9 Å². The van der Waals surface area contributed by atoms with E-state index in [1.165, 1.54) is 7.11 Å². The van der Waals surface area contributed by atoms with Crippen LogP contribution in [0.25, 0.3) is 11.3 Å². The molecule has 0 saturated carbocycles. The minimum atomic E-state index is -0.669. The predicted octanol–water partition coefficient (Wildman–Crippen LogP) is 2.77. The Bertz CT molecular complexity index is 582. The lowest BCUT2D eigenvalue weighted by Crippen LogP contribution is -1.95. The third kappa shape index (κ3) is 2.01. The lowest BCUT2D eigenvalue weighted by molar-refractivity contribution is 0.383. The molecule has 0 saturated heterocycles. The first-order valence-corrected chi connectivity index (χ1v) is 5.35. The van der Waals surface area contributed by atoms with E-state index in [0.29, 0.717) is 12.2 Å². The molecule has 2 aromatic rings. The van der Waals surface area contributed by atoms with E-state index in [0.717, 1.165) is 12.1 Å². The molecule has 2 N–H and O–H groups in total. The zero-order valence-corrected chi connectivity index (χ0v) is 9.96. The van der Waals surface area contributed by atoms with Gasteiger partial charge in [-0.05, 0) is 6.07 Å². The number of methoxy groups -OCH3 is 1. The van der Waals surface area contributed by atoms with Crippen molar-refractivity contribution in [1.29, 1.82) is 0 Å². The third-order valence-electron chi connectivity index (χ3n) is 2.53. The normalized spacial score (nSPS) is 10.7. The Kier molecular flexibility index (Phi) is 3.18. The first kappa shape index (κ1) is 12.3. The van der Waals surface area contributed by atoms with Gasteiger partial charge >= 0.3 is 0 Å². The molecule has 18 heavy (non-hydrogen) atoms. The van der Waals surface area contributed by atoms with Crippen LogP contribution < -0.4 is 10.5 Å². The second kappa shape index (κ2) is 4.64. The summed E-state index contributed by atoms with van der Waals surface area (Å²) >= 11 is 0. The van der Waals surface area contributed by atoms with Crippen LogP contribution in [-0.2, 0) is 6.42 Å². The van der Waals surface area contributed by atoms with Gasteiger partial charge in [0, 0.05) is 18.1 Å².